The van der Waals surface area contributed by atoms with Gasteiger partial charge in [0.05, 0.1) is 11.3 Å². The first-order chi connectivity index (χ1) is 12.1. The van der Waals surface area contributed by atoms with Crippen molar-refractivity contribution in [2.75, 3.05) is 7.05 Å². The summed E-state index contributed by atoms with van der Waals surface area (Å²) in [6.45, 7) is 8.54. The first kappa shape index (κ1) is 20.2. The summed E-state index contributed by atoms with van der Waals surface area (Å²) in [5.41, 5.74) is 4.34. The van der Waals surface area contributed by atoms with Gasteiger partial charge in [0.15, 0.2) is 0 Å². The van der Waals surface area contributed by atoms with E-state index in [1.165, 1.54) is 7.05 Å². The molecule has 2 aromatic rings. The molecule has 0 atom stereocenters. The molecule has 142 valence electrons. The number of hydrogen-bond acceptors (Lipinski definition) is 3. The fourth-order valence-electron chi connectivity index (χ4n) is 3.12. The Hall–Kier alpha value is -2.12. The summed E-state index contributed by atoms with van der Waals surface area (Å²) in [6, 6.07) is 9.41. The van der Waals surface area contributed by atoms with Crippen LogP contribution in [0.1, 0.15) is 52.8 Å². The molecule has 0 fully saturated rings. The molecule has 0 spiro atoms. The topological polar surface area (TPSA) is 80.2 Å². The van der Waals surface area contributed by atoms with Crippen LogP contribution in [0.15, 0.2) is 30.3 Å². The quantitative estimate of drug-likeness (QED) is 0.778. The molecule has 0 aliphatic carbocycles. The van der Waals surface area contributed by atoms with Crippen LogP contribution in [0.2, 0.25) is 0 Å². The van der Waals surface area contributed by atoms with E-state index in [1.807, 2.05) is 32.0 Å². The van der Waals surface area contributed by atoms with Crippen molar-refractivity contribution >= 4 is 15.9 Å². The Morgan fingerprint density at radius 3 is 2.19 bits per heavy atom. The molecule has 1 aromatic carbocycles. The Kier molecular flexibility index (Phi) is 6.26. The highest BCUT2D eigenvalue weighted by Crippen LogP contribution is 2.20. The predicted molar refractivity (Wildman–Crippen MR) is 104 cm³/mol. The van der Waals surface area contributed by atoms with Gasteiger partial charge >= 0.3 is 0 Å². The van der Waals surface area contributed by atoms with Crippen molar-refractivity contribution in [3.8, 4) is 0 Å². The van der Waals surface area contributed by atoms with E-state index >= 15 is 0 Å². The molecular formula is C19H27N3O3S. The van der Waals surface area contributed by atoms with Crippen molar-refractivity contribution < 1.29 is 13.2 Å². The van der Waals surface area contributed by atoms with Crippen LogP contribution in [0.5, 0.6) is 0 Å². The van der Waals surface area contributed by atoms with Crippen LogP contribution >= 0.6 is 0 Å². The normalized spacial score (nSPS) is 11.8. The van der Waals surface area contributed by atoms with Gasteiger partial charge in [-0.15, -0.1) is 0 Å². The van der Waals surface area contributed by atoms with Crippen LogP contribution in [0.3, 0.4) is 0 Å². The zero-order chi connectivity index (χ0) is 19.5. The summed E-state index contributed by atoms with van der Waals surface area (Å²) in [5.74, 6) is -0.163. The number of aromatic nitrogens is 1. The standard InChI is InChI=1S/C19H27N3O3S/c1-13(2)22-14(3)10-18(15(22)4)19(23)21-11-16-6-8-17(9-7-16)12-26(24,25)20-5/h6-10,13,20H,11-12H2,1-5H3,(H,21,23). The predicted octanol–water partition coefficient (Wildman–Crippen LogP) is 2.67. The molecule has 6 nitrogen and oxygen atoms in total. The van der Waals surface area contributed by atoms with Crippen LogP contribution in [0.4, 0.5) is 0 Å². The Morgan fingerprint density at radius 2 is 1.69 bits per heavy atom. The highest BCUT2D eigenvalue weighted by molar-refractivity contribution is 7.88. The van der Waals surface area contributed by atoms with Gasteiger partial charge in [-0.25, -0.2) is 13.1 Å². The first-order valence-corrected chi connectivity index (χ1v) is 10.3. The maximum Gasteiger partial charge on any atom is 0.253 e. The molecule has 26 heavy (non-hydrogen) atoms. The van der Waals surface area contributed by atoms with Gasteiger partial charge in [-0.1, -0.05) is 24.3 Å². The van der Waals surface area contributed by atoms with E-state index in [-0.39, 0.29) is 11.7 Å². The van der Waals surface area contributed by atoms with Crippen molar-refractivity contribution in [1.82, 2.24) is 14.6 Å². The Labute approximate surface area is 155 Å². The van der Waals surface area contributed by atoms with Crippen molar-refractivity contribution in [3.05, 3.63) is 58.4 Å². The highest BCUT2D eigenvalue weighted by Gasteiger charge is 2.17. The SMILES string of the molecule is CNS(=O)(=O)Cc1ccc(CNC(=O)c2cc(C)n(C(C)C)c2C)cc1. The summed E-state index contributed by atoms with van der Waals surface area (Å²) in [5, 5.41) is 2.93. The molecule has 0 bridgehead atoms. The zero-order valence-electron chi connectivity index (χ0n) is 16.0. The lowest BCUT2D eigenvalue weighted by Gasteiger charge is -2.13. The average Bonchev–Trinajstić information content (AvgIpc) is 2.88. The van der Waals surface area contributed by atoms with Crippen molar-refractivity contribution in [3.63, 3.8) is 0 Å². The molecule has 1 amide bonds. The number of sulfonamides is 1. The van der Waals surface area contributed by atoms with E-state index in [2.05, 4.69) is 28.5 Å². The van der Waals surface area contributed by atoms with Crippen LogP contribution in [-0.4, -0.2) is 25.9 Å². The summed E-state index contributed by atoms with van der Waals surface area (Å²) in [4.78, 5) is 12.5. The van der Waals surface area contributed by atoms with Crippen LogP contribution in [0.25, 0.3) is 0 Å². The average molecular weight is 378 g/mol. The lowest BCUT2D eigenvalue weighted by molar-refractivity contribution is 0.0950. The van der Waals surface area contributed by atoms with E-state index < -0.39 is 10.0 Å². The van der Waals surface area contributed by atoms with E-state index in [1.54, 1.807) is 12.1 Å². The van der Waals surface area contributed by atoms with E-state index in [0.717, 1.165) is 17.0 Å². The minimum absolute atomic E-state index is 0.0582. The van der Waals surface area contributed by atoms with Gasteiger partial charge in [0.1, 0.15) is 0 Å². The number of nitrogens with one attached hydrogen (secondary N) is 2. The van der Waals surface area contributed by atoms with E-state index in [0.29, 0.717) is 23.7 Å². The number of carbonyl (C=O) groups is 1. The van der Waals surface area contributed by atoms with Gasteiger partial charge in [-0.3, -0.25) is 4.79 Å². The largest absolute Gasteiger partial charge is 0.348 e. The van der Waals surface area contributed by atoms with E-state index in [9.17, 15) is 13.2 Å². The number of rotatable bonds is 7. The number of aryl methyl sites for hydroxylation is 1. The van der Waals surface area contributed by atoms with Gasteiger partial charge < -0.3 is 9.88 Å². The molecule has 7 heteroatoms. The number of amides is 1. The molecule has 0 saturated carbocycles. The second-order valence-corrected chi connectivity index (χ2v) is 8.64. The number of carbonyl (C=O) groups excluding carboxylic acids is 1. The fraction of sp³-hybridized carbons (Fsp3) is 0.421. The molecule has 0 unspecified atom stereocenters. The molecule has 2 N–H and O–H groups in total. The molecule has 1 aromatic heterocycles. The lowest BCUT2D eigenvalue weighted by atomic mass is 10.1. The van der Waals surface area contributed by atoms with Crippen LogP contribution in [-0.2, 0) is 22.3 Å². The summed E-state index contributed by atoms with van der Waals surface area (Å²) >= 11 is 0. The third kappa shape index (κ3) is 4.74. The molecular weight excluding hydrogens is 350 g/mol. The highest BCUT2D eigenvalue weighted by atomic mass is 32.2. The molecule has 0 saturated heterocycles. The maximum absolute atomic E-state index is 12.5. The summed E-state index contributed by atoms with van der Waals surface area (Å²) in [6.07, 6.45) is 0. The van der Waals surface area contributed by atoms with Gasteiger partial charge in [-0.05, 0) is 51.9 Å². The van der Waals surface area contributed by atoms with Gasteiger partial charge in [0.25, 0.3) is 5.91 Å². The van der Waals surface area contributed by atoms with Gasteiger partial charge in [-0.2, -0.15) is 0 Å². The molecule has 1 heterocycles. The minimum Gasteiger partial charge on any atom is -0.348 e. The third-order valence-electron chi connectivity index (χ3n) is 4.39. The lowest BCUT2D eigenvalue weighted by Crippen LogP contribution is -2.23. The minimum atomic E-state index is -3.28. The van der Waals surface area contributed by atoms with Crippen molar-refractivity contribution in [2.45, 2.75) is 46.0 Å². The summed E-state index contributed by atoms with van der Waals surface area (Å²) < 4.78 is 27.6. The zero-order valence-corrected chi connectivity index (χ0v) is 16.8. The van der Waals surface area contributed by atoms with E-state index in [4.69, 9.17) is 0 Å². The molecule has 2 rings (SSSR count). The molecule has 0 aliphatic rings. The monoisotopic (exact) mass is 377 g/mol. The Bertz CT molecular complexity index is 881. The number of benzene rings is 1. The maximum atomic E-state index is 12.5. The molecule has 0 aliphatic heterocycles. The van der Waals surface area contributed by atoms with Crippen LogP contribution in [0, 0.1) is 13.8 Å². The number of hydrogen-bond donors (Lipinski definition) is 2. The second kappa shape index (κ2) is 8.05. The smallest absolute Gasteiger partial charge is 0.253 e. The third-order valence-corrected chi connectivity index (χ3v) is 5.72. The first-order valence-electron chi connectivity index (χ1n) is 8.60. The van der Waals surface area contributed by atoms with Crippen LogP contribution < -0.4 is 10.0 Å². The van der Waals surface area contributed by atoms with Crippen molar-refractivity contribution in [2.24, 2.45) is 0 Å². The molecule has 0 radical (unpaired) electrons. The summed E-state index contributed by atoms with van der Waals surface area (Å²) in [7, 11) is -1.88. The Balaban J connectivity index is 2.03. The number of nitrogens with zero attached hydrogens (tertiary/aromatic N) is 1. The van der Waals surface area contributed by atoms with Gasteiger partial charge in [0, 0.05) is 24.0 Å². The fourth-order valence-corrected chi connectivity index (χ4v) is 3.90. The van der Waals surface area contributed by atoms with Gasteiger partial charge in [0.2, 0.25) is 10.0 Å². The van der Waals surface area contributed by atoms with Crippen molar-refractivity contribution in [1.29, 1.82) is 0 Å². The Morgan fingerprint density at radius 1 is 1.12 bits per heavy atom. The second-order valence-electron chi connectivity index (χ2n) is 6.71.